The largest absolute Gasteiger partial charge is 0.481 e. The summed E-state index contributed by atoms with van der Waals surface area (Å²) in [5.41, 5.74) is -2.23. The molecule has 5 fully saturated rings. The topological polar surface area (TPSA) is 118 Å². The second-order valence-electron chi connectivity index (χ2n) is 10.3. The molecule has 0 amide bonds. The Labute approximate surface area is 170 Å². The number of ketones is 1. The number of hydrogen-bond donors (Lipinski definition) is 2. The van der Waals surface area contributed by atoms with Crippen molar-refractivity contribution in [1.29, 1.82) is 0 Å². The van der Waals surface area contributed by atoms with Crippen molar-refractivity contribution >= 4 is 23.7 Å². The minimum Gasteiger partial charge on any atom is -0.481 e. The molecule has 0 heterocycles. The molecule has 0 saturated heterocycles. The van der Waals surface area contributed by atoms with Crippen LogP contribution in [-0.4, -0.2) is 39.5 Å². The predicted octanol–water partition coefficient (Wildman–Crippen LogP) is 2.91. The number of hydrogen-bond acceptors (Lipinski definition) is 5. The lowest BCUT2D eigenvalue weighted by Crippen LogP contribution is -2.70. The van der Waals surface area contributed by atoms with Crippen molar-refractivity contribution in [3.8, 4) is 0 Å². The Bertz CT molecular complexity index is 790. The van der Waals surface area contributed by atoms with Crippen molar-refractivity contribution in [1.82, 2.24) is 0 Å². The van der Waals surface area contributed by atoms with Gasteiger partial charge in [0, 0.05) is 24.7 Å². The normalized spacial score (nSPS) is 48.4. The monoisotopic (exact) mass is 406 g/mol. The molecule has 7 heteroatoms. The van der Waals surface area contributed by atoms with Gasteiger partial charge in [0.1, 0.15) is 11.4 Å². The summed E-state index contributed by atoms with van der Waals surface area (Å²) < 4.78 is 5.75. The van der Waals surface area contributed by atoms with Crippen LogP contribution in [0.1, 0.15) is 65.7 Å². The molecule has 5 aliphatic rings. The fourth-order valence-electron chi connectivity index (χ4n) is 8.16. The van der Waals surface area contributed by atoms with Crippen LogP contribution in [0.4, 0.5) is 0 Å². The lowest BCUT2D eigenvalue weighted by molar-refractivity contribution is -0.236. The number of carboxylic acids is 2. The molecule has 7 nitrogen and oxygen atoms in total. The molecule has 5 saturated carbocycles. The highest BCUT2D eigenvalue weighted by Gasteiger charge is 2.73. The van der Waals surface area contributed by atoms with Gasteiger partial charge >= 0.3 is 17.9 Å². The average molecular weight is 406 g/mol. The third kappa shape index (κ3) is 2.55. The molecular weight excluding hydrogens is 376 g/mol. The highest BCUT2D eigenvalue weighted by molar-refractivity contribution is 5.94. The summed E-state index contributed by atoms with van der Waals surface area (Å²) in [6, 6.07) is 0. The molecule has 8 atom stereocenters. The van der Waals surface area contributed by atoms with Crippen LogP contribution in [0.5, 0.6) is 0 Å². The number of esters is 1. The maximum absolute atomic E-state index is 13.7. The molecule has 160 valence electrons. The van der Waals surface area contributed by atoms with Gasteiger partial charge < -0.3 is 14.9 Å². The van der Waals surface area contributed by atoms with Gasteiger partial charge in [-0.15, -0.1) is 0 Å². The number of fused-ring (bicyclic) bond motifs is 3. The molecule has 29 heavy (non-hydrogen) atoms. The number of carboxylic acid groups (broad SMARTS) is 2. The summed E-state index contributed by atoms with van der Waals surface area (Å²) in [7, 11) is 0. The van der Waals surface area contributed by atoms with E-state index < -0.39 is 34.8 Å². The SMILES string of the molecule is CC(=O)O[C@]1(C)CCC[C@@]2(C)[C@H]3C[C@H]4CC[C@]3(C(=O)C[C@@H]21)[C@@H](C(=O)O)[C@H]4C(=O)O. The minimum absolute atomic E-state index is 0.137. The molecule has 2 bridgehead atoms. The first kappa shape index (κ1) is 20.4. The number of aliphatic carboxylic acids is 2. The lowest BCUT2D eigenvalue weighted by Gasteiger charge is -2.68. The van der Waals surface area contributed by atoms with Gasteiger partial charge in [0.05, 0.1) is 11.8 Å². The maximum Gasteiger partial charge on any atom is 0.308 e. The summed E-state index contributed by atoms with van der Waals surface area (Å²) in [6.07, 6.45) is 4.11. The molecule has 2 N–H and O–H groups in total. The minimum atomic E-state index is -1.18. The zero-order chi connectivity index (χ0) is 21.4. The summed E-state index contributed by atoms with van der Waals surface area (Å²) in [4.78, 5) is 49.8. The number of carbonyl (C=O) groups excluding carboxylic acids is 2. The Balaban J connectivity index is 1.83. The van der Waals surface area contributed by atoms with Crippen LogP contribution in [0.2, 0.25) is 0 Å². The van der Waals surface area contributed by atoms with Crippen LogP contribution >= 0.6 is 0 Å². The molecule has 0 aromatic rings. The zero-order valence-corrected chi connectivity index (χ0v) is 17.3. The number of Topliss-reactive ketones (excluding diaryl/α,β-unsaturated/α-hetero) is 1. The van der Waals surface area contributed by atoms with Crippen molar-refractivity contribution in [3.05, 3.63) is 0 Å². The van der Waals surface area contributed by atoms with Gasteiger partial charge in [0.25, 0.3) is 0 Å². The molecule has 0 unspecified atom stereocenters. The summed E-state index contributed by atoms with van der Waals surface area (Å²) >= 11 is 0. The van der Waals surface area contributed by atoms with Crippen LogP contribution in [0.3, 0.4) is 0 Å². The Morgan fingerprint density at radius 2 is 1.72 bits per heavy atom. The Hall–Kier alpha value is -1.92. The van der Waals surface area contributed by atoms with Crippen molar-refractivity contribution in [2.75, 3.05) is 0 Å². The smallest absolute Gasteiger partial charge is 0.308 e. The van der Waals surface area contributed by atoms with Crippen molar-refractivity contribution in [2.45, 2.75) is 71.3 Å². The highest BCUT2D eigenvalue weighted by atomic mass is 16.6. The molecule has 0 radical (unpaired) electrons. The molecule has 5 aliphatic carbocycles. The first-order valence-corrected chi connectivity index (χ1v) is 10.7. The summed E-state index contributed by atoms with van der Waals surface area (Å²) in [5, 5.41) is 19.8. The Morgan fingerprint density at radius 3 is 2.31 bits per heavy atom. The number of ether oxygens (including phenoxy) is 1. The first-order valence-electron chi connectivity index (χ1n) is 10.7. The van der Waals surface area contributed by atoms with E-state index in [2.05, 4.69) is 6.92 Å². The van der Waals surface area contributed by atoms with Crippen molar-refractivity contribution < 1.29 is 34.1 Å². The molecule has 0 aromatic carbocycles. The quantitative estimate of drug-likeness (QED) is 0.692. The summed E-state index contributed by atoms with van der Waals surface area (Å²) in [6.45, 7) is 5.40. The van der Waals surface area contributed by atoms with E-state index in [-0.39, 0.29) is 41.3 Å². The third-order valence-corrected chi connectivity index (χ3v) is 9.07. The van der Waals surface area contributed by atoms with Crippen molar-refractivity contribution in [3.63, 3.8) is 0 Å². The molecular formula is C22H30O7. The number of carbonyl (C=O) groups is 4. The van der Waals surface area contributed by atoms with E-state index in [1.165, 1.54) is 6.92 Å². The maximum atomic E-state index is 13.7. The average Bonchev–Trinajstić information content (AvgIpc) is 2.62. The van der Waals surface area contributed by atoms with E-state index in [4.69, 9.17) is 4.74 Å². The zero-order valence-electron chi connectivity index (χ0n) is 17.3. The molecule has 0 aromatic heterocycles. The van der Waals surface area contributed by atoms with Crippen molar-refractivity contribution in [2.24, 2.45) is 40.4 Å². The Morgan fingerprint density at radius 1 is 1.03 bits per heavy atom. The van der Waals surface area contributed by atoms with E-state index in [0.717, 1.165) is 12.8 Å². The highest BCUT2D eigenvalue weighted by Crippen LogP contribution is 2.71. The predicted molar refractivity (Wildman–Crippen MR) is 101 cm³/mol. The van der Waals surface area contributed by atoms with Crippen LogP contribution in [-0.2, 0) is 23.9 Å². The molecule has 5 rings (SSSR count). The van der Waals surface area contributed by atoms with Crippen LogP contribution < -0.4 is 0 Å². The van der Waals surface area contributed by atoms with E-state index in [0.29, 0.717) is 25.7 Å². The molecule has 0 aliphatic heterocycles. The Kier molecular flexibility index (Phi) is 4.41. The second kappa shape index (κ2) is 6.29. The first-order chi connectivity index (χ1) is 13.5. The van der Waals surface area contributed by atoms with Gasteiger partial charge in [0.2, 0.25) is 0 Å². The second-order valence-corrected chi connectivity index (χ2v) is 10.3. The van der Waals surface area contributed by atoms with Gasteiger partial charge in [-0.2, -0.15) is 0 Å². The van der Waals surface area contributed by atoms with E-state index in [1.54, 1.807) is 0 Å². The van der Waals surface area contributed by atoms with Gasteiger partial charge in [0.15, 0.2) is 0 Å². The van der Waals surface area contributed by atoms with Gasteiger partial charge in [-0.05, 0) is 62.7 Å². The van der Waals surface area contributed by atoms with Gasteiger partial charge in [-0.1, -0.05) is 6.92 Å². The van der Waals surface area contributed by atoms with Crippen LogP contribution in [0, 0.1) is 40.4 Å². The van der Waals surface area contributed by atoms with Crippen LogP contribution in [0.15, 0.2) is 0 Å². The molecule has 1 spiro atoms. The lowest BCUT2D eigenvalue weighted by atomic mass is 9.34. The van der Waals surface area contributed by atoms with Gasteiger partial charge in [-0.25, -0.2) is 0 Å². The third-order valence-electron chi connectivity index (χ3n) is 9.07. The fraction of sp³-hybridized carbons (Fsp3) is 0.818. The fourth-order valence-corrected chi connectivity index (χ4v) is 8.16. The number of rotatable bonds is 3. The standard InChI is InChI=1S/C22H30O7/c1-11(23)29-21(3)7-4-6-20(2)13(21)10-15(24)22-8-5-12(9-14(20)22)16(18(25)26)17(22)19(27)28/h12-14,16-17H,4-10H2,1-3H3,(H,25,26)(H,27,28)/t12-,13+,14-,16+,17-,20-,21-,22+/m1/s1. The van der Waals surface area contributed by atoms with E-state index in [9.17, 15) is 29.4 Å². The van der Waals surface area contributed by atoms with Crippen LogP contribution in [0.25, 0.3) is 0 Å². The summed E-state index contributed by atoms with van der Waals surface area (Å²) in [5.74, 6) is -5.56. The van der Waals surface area contributed by atoms with E-state index >= 15 is 0 Å². The van der Waals surface area contributed by atoms with E-state index in [1.807, 2.05) is 6.92 Å². The van der Waals surface area contributed by atoms with Gasteiger partial charge in [-0.3, -0.25) is 19.2 Å².